The summed E-state index contributed by atoms with van der Waals surface area (Å²) >= 11 is 0. The second-order valence-corrected chi connectivity index (χ2v) is 4.05. The van der Waals surface area contributed by atoms with E-state index in [-0.39, 0.29) is 5.91 Å². The van der Waals surface area contributed by atoms with Crippen LogP contribution in [0.5, 0.6) is 0 Å². The third-order valence-electron chi connectivity index (χ3n) is 2.67. The molecule has 3 heteroatoms. The van der Waals surface area contributed by atoms with Gasteiger partial charge in [0.05, 0.1) is 12.2 Å². The molecule has 1 aromatic rings. The van der Waals surface area contributed by atoms with Crippen LogP contribution in [-0.4, -0.2) is 12.5 Å². The first-order chi connectivity index (χ1) is 7.70. The number of carbonyl (C=O) groups excluding carboxylic acids is 1. The molecule has 84 valence electrons. The van der Waals surface area contributed by atoms with E-state index >= 15 is 0 Å². The van der Waals surface area contributed by atoms with Gasteiger partial charge < -0.3 is 0 Å². The van der Waals surface area contributed by atoms with Gasteiger partial charge in [-0.25, -0.2) is 0 Å². The lowest BCUT2D eigenvalue weighted by Crippen LogP contribution is -2.32. The molecule has 1 amide bonds. The molecule has 0 aromatic heterocycles. The van der Waals surface area contributed by atoms with Gasteiger partial charge in [-0.3, -0.25) is 15.2 Å². The van der Waals surface area contributed by atoms with Crippen molar-refractivity contribution in [1.29, 1.82) is 0 Å². The first-order valence-corrected chi connectivity index (χ1v) is 5.56. The highest BCUT2D eigenvalue weighted by molar-refractivity contribution is 5.97. The van der Waals surface area contributed by atoms with Crippen LogP contribution in [0.2, 0.25) is 0 Å². The molecule has 0 bridgehead atoms. The lowest BCUT2D eigenvalue weighted by atomic mass is 10.1. The van der Waals surface area contributed by atoms with Crippen LogP contribution >= 0.6 is 0 Å². The van der Waals surface area contributed by atoms with Crippen molar-refractivity contribution >= 4 is 11.6 Å². The Hall–Kier alpha value is -1.77. The summed E-state index contributed by atoms with van der Waals surface area (Å²) in [4.78, 5) is 11.3. The Morgan fingerprint density at radius 2 is 2.31 bits per heavy atom. The summed E-state index contributed by atoms with van der Waals surface area (Å²) in [6, 6.07) is 8.24. The van der Waals surface area contributed by atoms with Gasteiger partial charge in [-0.2, -0.15) is 0 Å². The fraction of sp³-hybridized carbons (Fsp3) is 0.308. The number of nitrogens with zero attached hydrogens (tertiary/aromatic N) is 1. The number of aryl methyl sites for hydroxylation is 1. The first kappa shape index (κ1) is 10.7. The van der Waals surface area contributed by atoms with Crippen LogP contribution in [0.1, 0.15) is 18.9 Å². The van der Waals surface area contributed by atoms with Crippen molar-refractivity contribution in [2.24, 2.45) is 0 Å². The van der Waals surface area contributed by atoms with E-state index in [1.165, 1.54) is 5.56 Å². The number of hydrogen-bond donors (Lipinski definition) is 1. The minimum Gasteiger partial charge on any atom is -0.281 e. The van der Waals surface area contributed by atoms with Gasteiger partial charge in [-0.05, 0) is 24.1 Å². The smallest absolute Gasteiger partial charge is 0.267 e. The van der Waals surface area contributed by atoms with Crippen LogP contribution in [0.15, 0.2) is 36.4 Å². The van der Waals surface area contributed by atoms with E-state index < -0.39 is 0 Å². The highest BCUT2D eigenvalue weighted by Gasteiger charge is 2.22. The molecule has 0 aliphatic carbocycles. The Balaban J connectivity index is 2.18. The van der Waals surface area contributed by atoms with Crippen molar-refractivity contribution in [1.82, 2.24) is 5.43 Å². The third kappa shape index (κ3) is 2.08. The van der Waals surface area contributed by atoms with Crippen LogP contribution in [0.25, 0.3) is 0 Å². The maximum absolute atomic E-state index is 11.3. The zero-order valence-electron chi connectivity index (χ0n) is 9.49. The zero-order chi connectivity index (χ0) is 11.5. The topological polar surface area (TPSA) is 32.3 Å². The molecule has 1 aromatic carbocycles. The van der Waals surface area contributed by atoms with E-state index in [1.807, 2.05) is 17.1 Å². The lowest BCUT2D eigenvalue weighted by Gasteiger charge is -2.17. The van der Waals surface area contributed by atoms with E-state index in [4.69, 9.17) is 0 Å². The number of nitrogens with one attached hydrogen (secondary N) is 1. The van der Waals surface area contributed by atoms with Gasteiger partial charge in [-0.1, -0.05) is 32.1 Å². The normalized spacial score (nSPS) is 15.4. The van der Waals surface area contributed by atoms with E-state index in [0.29, 0.717) is 12.1 Å². The lowest BCUT2D eigenvalue weighted by molar-refractivity contribution is -0.116. The third-order valence-corrected chi connectivity index (χ3v) is 2.67. The predicted molar refractivity (Wildman–Crippen MR) is 65.1 cm³/mol. The molecule has 0 atom stereocenters. The second-order valence-electron chi connectivity index (χ2n) is 4.05. The average molecular weight is 216 g/mol. The maximum Gasteiger partial charge on any atom is 0.267 e. The zero-order valence-corrected chi connectivity index (χ0v) is 9.49. The van der Waals surface area contributed by atoms with Crippen LogP contribution in [-0.2, 0) is 11.2 Å². The first-order valence-electron chi connectivity index (χ1n) is 5.56. The van der Waals surface area contributed by atoms with Gasteiger partial charge in [0.1, 0.15) is 0 Å². The van der Waals surface area contributed by atoms with E-state index in [1.54, 1.807) is 0 Å². The highest BCUT2D eigenvalue weighted by Crippen LogP contribution is 2.19. The number of amides is 1. The fourth-order valence-electron chi connectivity index (χ4n) is 1.83. The van der Waals surface area contributed by atoms with Crippen molar-refractivity contribution in [3.63, 3.8) is 0 Å². The summed E-state index contributed by atoms with van der Waals surface area (Å²) < 4.78 is 0. The summed E-state index contributed by atoms with van der Waals surface area (Å²) in [6.45, 7) is 6.44. The molecule has 1 N–H and O–H groups in total. The number of benzene rings is 1. The van der Waals surface area contributed by atoms with Crippen LogP contribution in [0, 0.1) is 0 Å². The molecule has 16 heavy (non-hydrogen) atoms. The Bertz CT molecular complexity index is 410. The second kappa shape index (κ2) is 4.39. The van der Waals surface area contributed by atoms with E-state index in [9.17, 15) is 4.79 Å². The predicted octanol–water partition coefficient (Wildman–Crippen LogP) is 2.05. The van der Waals surface area contributed by atoms with Gasteiger partial charge in [-0.15, -0.1) is 0 Å². The number of hydrazine groups is 1. The molecule has 0 saturated carbocycles. The van der Waals surface area contributed by atoms with E-state index in [2.05, 4.69) is 31.1 Å². The summed E-state index contributed by atoms with van der Waals surface area (Å²) in [5.41, 5.74) is 5.72. The molecule has 1 fully saturated rings. The molecular formula is C13H16N2O. The highest BCUT2D eigenvalue weighted by atomic mass is 16.2. The van der Waals surface area contributed by atoms with Crippen molar-refractivity contribution in [3.05, 3.63) is 42.0 Å². The van der Waals surface area contributed by atoms with Gasteiger partial charge in [0.15, 0.2) is 0 Å². The molecule has 0 unspecified atom stereocenters. The Kier molecular flexibility index (Phi) is 2.95. The van der Waals surface area contributed by atoms with Crippen LogP contribution in [0.4, 0.5) is 5.69 Å². The van der Waals surface area contributed by atoms with Crippen molar-refractivity contribution < 1.29 is 4.79 Å². The fourth-order valence-corrected chi connectivity index (χ4v) is 1.83. The number of carbonyl (C=O) groups is 1. The van der Waals surface area contributed by atoms with Crippen molar-refractivity contribution in [2.45, 2.75) is 19.8 Å². The number of hydrogen-bond acceptors (Lipinski definition) is 2. The van der Waals surface area contributed by atoms with Crippen molar-refractivity contribution in [3.8, 4) is 0 Å². The molecular weight excluding hydrogens is 200 g/mol. The largest absolute Gasteiger partial charge is 0.281 e. The Morgan fingerprint density at radius 1 is 1.50 bits per heavy atom. The van der Waals surface area contributed by atoms with Crippen molar-refractivity contribution in [2.75, 3.05) is 11.6 Å². The van der Waals surface area contributed by atoms with Gasteiger partial charge >= 0.3 is 0 Å². The summed E-state index contributed by atoms with van der Waals surface area (Å²) in [7, 11) is 0. The summed E-state index contributed by atoms with van der Waals surface area (Å²) in [5, 5.41) is 1.84. The summed E-state index contributed by atoms with van der Waals surface area (Å²) in [6.07, 6.45) is 2.19. The monoisotopic (exact) mass is 216 g/mol. The number of rotatable bonds is 3. The van der Waals surface area contributed by atoms with Crippen LogP contribution < -0.4 is 10.4 Å². The molecule has 0 spiro atoms. The molecule has 3 nitrogen and oxygen atoms in total. The SMILES string of the molecule is C=C1CN(c2cccc(CCC)c2)NC1=O. The molecule has 1 saturated heterocycles. The molecule has 1 aliphatic rings. The number of anilines is 1. The van der Waals surface area contributed by atoms with Gasteiger partial charge in [0.25, 0.3) is 5.91 Å². The maximum atomic E-state index is 11.3. The summed E-state index contributed by atoms with van der Waals surface area (Å²) in [5.74, 6) is -0.0825. The van der Waals surface area contributed by atoms with Crippen LogP contribution in [0.3, 0.4) is 0 Å². The minimum absolute atomic E-state index is 0.0825. The van der Waals surface area contributed by atoms with Gasteiger partial charge in [0, 0.05) is 5.57 Å². The molecule has 1 aliphatic heterocycles. The average Bonchev–Trinajstić information content (AvgIpc) is 2.60. The van der Waals surface area contributed by atoms with E-state index in [0.717, 1.165) is 18.5 Å². The Morgan fingerprint density at radius 3 is 2.94 bits per heavy atom. The Labute approximate surface area is 95.7 Å². The molecule has 0 radical (unpaired) electrons. The van der Waals surface area contributed by atoms with Gasteiger partial charge in [0.2, 0.25) is 0 Å². The molecule has 1 heterocycles. The standard InChI is InChI=1S/C13H16N2O/c1-3-5-11-6-4-7-12(8-11)15-9-10(2)13(16)14-15/h4,6-8H,2-3,5,9H2,1H3,(H,14,16). The quantitative estimate of drug-likeness (QED) is 0.784. The minimum atomic E-state index is -0.0825. The molecule has 2 rings (SSSR count).